The number of phenolic OH excluding ortho intramolecular Hbond substituents is 1. The first kappa shape index (κ1) is 14.8. The van der Waals surface area contributed by atoms with Crippen LogP contribution in [0.3, 0.4) is 0 Å². The standard InChI is InChI=1S/C15H19BrN2O3/c16-11-1-2-14(19)13(9-11)15(20)18-4-3-12(10-18)17-5-7-21-8-6-17/h1-2,9,12,19H,3-8,10H2. The summed E-state index contributed by atoms with van der Waals surface area (Å²) >= 11 is 3.34. The van der Waals surface area contributed by atoms with Gasteiger partial charge in [-0.25, -0.2) is 0 Å². The SMILES string of the molecule is O=C(c1cc(Br)ccc1O)N1CCC(N2CCOCC2)C1. The first-order chi connectivity index (χ1) is 10.1. The third-order valence-corrected chi connectivity index (χ3v) is 4.69. The van der Waals surface area contributed by atoms with E-state index in [1.807, 2.05) is 4.90 Å². The molecule has 0 saturated carbocycles. The minimum Gasteiger partial charge on any atom is -0.507 e. The molecule has 0 aromatic heterocycles. The zero-order chi connectivity index (χ0) is 14.8. The number of phenols is 1. The number of likely N-dealkylation sites (tertiary alicyclic amines) is 1. The smallest absolute Gasteiger partial charge is 0.257 e. The second-order valence-corrected chi connectivity index (χ2v) is 6.42. The van der Waals surface area contributed by atoms with E-state index >= 15 is 0 Å². The quantitative estimate of drug-likeness (QED) is 0.878. The largest absolute Gasteiger partial charge is 0.507 e. The number of aromatic hydroxyl groups is 1. The van der Waals surface area contributed by atoms with E-state index in [1.54, 1.807) is 18.2 Å². The summed E-state index contributed by atoms with van der Waals surface area (Å²) in [6.45, 7) is 4.90. The van der Waals surface area contributed by atoms with Gasteiger partial charge in [0.15, 0.2) is 0 Å². The molecule has 21 heavy (non-hydrogen) atoms. The lowest BCUT2D eigenvalue weighted by Crippen LogP contribution is -2.45. The molecule has 0 aliphatic carbocycles. The molecule has 0 spiro atoms. The molecular formula is C15H19BrN2O3. The third-order valence-electron chi connectivity index (χ3n) is 4.20. The summed E-state index contributed by atoms with van der Waals surface area (Å²) in [6.07, 6.45) is 0.987. The van der Waals surface area contributed by atoms with Crippen LogP contribution in [0.25, 0.3) is 0 Å². The van der Waals surface area contributed by atoms with Crippen molar-refractivity contribution in [1.82, 2.24) is 9.80 Å². The van der Waals surface area contributed by atoms with Gasteiger partial charge in [0.2, 0.25) is 0 Å². The van der Waals surface area contributed by atoms with Crippen LogP contribution in [0.5, 0.6) is 5.75 Å². The van der Waals surface area contributed by atoms with Crippen LogP contribution in [-0.4, -0.2) is 66.2 Å². The number of amides is 1. The van der Waals surface area contributed by atoms with E-state index in [1.165, 1.54) is 0 Å². The van der Waals surface area contributed by atoms with Crippen LogP contribution in [0.2, 0.25) is 0 Å². The van der Waals surface area contributed by atoms with Crippen molar-refractivity contribution in [1.29, 1.82) is 0 Å². The fourth-order valence-electron chi connectivity index (χ4n) is 3.02. The Labute approximate surface area is 132 Å². The Kier molecular flexibility index (Phi) is 4.47. The highest BCUT2D eigenvalue weighted by atomic mass is 79.9. The highest BCUT2D eigenvalue weighted by Crippen LogP contribution is 2.26. The van der Waals surface area contributed by atoms with Gasteiger partial charge in [0.1, 0.15) is 5.75 Å². The van der Waals surface area contributed by atoms with Gasteiger partial charge in [0.25, 0.3) is 5.91 Å². The maximum atomic E-state index is 12.6. The molecule has 5 nitrogen and oxygen atoms in total. The van der Waals surface area contributed by atoms with Crippen molar-refractivity contribution in [3.63, 3.8) is 0 Å². The molecule has 1 aromatic carbocycles. The van der Waals surface area contributed by atoms with Crippen LogP contribution in [0.1, 0.15) is 16.8 Å². The minimum atomic E-state index is -0.0930. The van der Waals surface area contributed by atoms with Gasteiger partial charge in [0, 0.05) is 36.7 Å². The zero-order valence-electron chi connectivity index (χ0n) is 11.8. The predicted molar refractivity (Wildman–Crippen MR) is 82.5 cm³/mol. The Balaban J connectivity index is 1.67. The Hall–Kier alpha value is -1.11. The predicted octanol–water partition coefficient (Wildman–Crippen LogP) is 1.70. The summed E-state index contributed by atoms with van der Waals surface area (Å²) in [4.78, 5) is 16.8. The molecule has 6 heteroatoms. The van der Waals surface area contributed by atoms with Crippen molar-refractivity contribution in [3.05, 3.63) is 28.2 Å². The fourth-order valence-corrected chi connectivity index (χ4v) is 3.38. The number of carbonyl (C=O) groups is 1. The van der Waals surface area contributed by atoms with Gasteiger partial charge >= 0.3 is 0 Å². The van der Waals surface area contributed by atoms with Gasteiger partial charge in [-0.05, 0) is 24.6 Å². The fraction of sp³-hybridized carbons (Fsp3) is 0.533. The lowest BCUT2D eigenvalue weighted by Gasteiger charge is -2.32. The van der Waals surface area contributed by atoms with E-state index in [0.717, 1.165) is 50.3 Å². The number of hydrogen-bond acceptors (Lipinski definition) is 4. The number of nitrogens with zero attached hydrogens (tertiary/aromatic N) is 2. The van der Waals surface area contributed by atoms with Gasteiger partial charge in [-0.15, -0.1) is 0 Å². The molecule has 114 valence electrons. The van der Waals surface area contributed by atoms with Crippen LogP contribution in [-0.2, 0) is 4.74 Å². The minimum absolute atomic E-state index is 0.0398. The molecule has 0 radical (unpaired) electrons. The molecule has 0 bridgehead atoms. The lowest BCUT2D eigenvalue weighted by atomic mass is 10.2. The second kappa shape index (κ2) is 6.34. The second-order valence-electron chi connectivity index (χ2n) is 5.50. The molecule has 1 N–H and O–H groups in total. The van der Waals surface area contributed by atoms with E-state index in [9.17, 15) is 9.90 Å². The molecule has 2 heterocycles. The Morgan fingerprint density at radius 3 is 2.81 bits per heavy atom. The summed E-state index contributed by atoms with van der Waals surface area (Å²) in [5, 5.41) is 9.89. The maximum absolute atomic E-state index is 12.6. The molecule has 1 atom stereocenters. The summed E-state index contributed by atoms with van der Waals surface area (Å²) in [5.74, 6) is -0.0532. The van der Waals surface area contributed by atoms with E-state index < -0.39 is 0 Å². The average Bonchev–Trinajstić information content (AvgIpc) is 3.00. The first-order valence-electron chi connectivity index (χ1n) is 7.25. The van der Waals surface area contributed by atoms with Gasteiger partial charge in [0.05, 0.1) is 18.8 Å². The summed E-state index contributed by atoms with van der Waals surface area (Å²) in [6, 6.07) is 5.37. The Morgan fingerprint density at radius 1 is 1.29 bits per heavy atom. The topological polar surface area (TPSA) is 53.0 Å². The van der Waals surface area contributed by atoms with E-state index in [-0.39, 0.29) is 11.7 Å². The first-order valence-corrected chi connectivity index (χ1v) is 8.04. The molecule has 3 rings (SSSR count). The molecule has 2 aliphatic rings. The molecule has 2 aliphatic heterocycles. The van der Waals surface area contributed by atoms with Crippen LogP contribution in [0.15, 0.2) is 22.7 Å². The maximum Gasteiger partial charge on any atom is 0.257 e. The highest BCUT2D eigenvalue weighted by Gasteiger charge is 2.32. The molecule has 1 aromatic rings. The molecule has 1 unspecified atom stereocenters. The number of ether oxygens (including phenoxy) is 1. The number of hydrogen-bond donors (Lipinski definition) is 1. The van der Waals surface area contributed by atoms with Crippen molar-refractivity contribution >= 4 is 21.8 Å². The van der Waals surface area contributed by atoms with Crippen LogP contribution < -0.4 is 0 Å². The Morgan fingerprint density at radius 2 is 2.05 bits per heavy atom. The van der Waals surface area contributed by atoms with Crippen molar-refractivity contribution in [3.8, 4) is 5.75 Å². The monoisotopic (exact) mass is 354 g/mol. The number of benzene rings is 1. The van der Waals surface area contributed by atoms with Crippen LogP contribution in [0.4, 0.5) is 0 Å². The molecule has 2 fully saturated rings. The highest BCUT2D eigenvalue weighted by molar-refractivity contribution is 9.10. The van der Waals surface area contributed by atoms with Gasteiger partial charge in [-0.1, -0.05) is 15.9 Å². The lowest BCUT2D eigenvalue weighted by molar-refractivity contribution is 0.0185. The average molecular weight is 355 g/mol. The Bertz CT molecular complexity index is 532. The van der Waals surface area contributed by atoms with Crippen molar-refractivity contribution in [2.45, 2.75) is 12.5 Å². The van der Waals surface area contributed by atoms with Crippen molar-refractivity contribution in [2.75, 3.05) is 39.4 Å². The van der Waals surface area contributed by atoms with E-state index in [4.69, 9.17) is 4.74 Å². The van der Waals surface area contributed by atoms with E-state index in [0.29, 0.717) is 11.6 Å². The van der Waals surface area contributed by atoms with Gasteiger partial charge in [-0.2, -0.15) is 0 Å². The molecule has 1 amide bonds. The third kappa shape index (κ3) is 3.22. The molecule has 2 saturated heterocycles. The van der Waals surface area contributed by atoms with E-state index in [2.05, 4.69) is 20.8 Å². The number of halogens is 1. The van der Waals surface area contributed by atoms with Crippen molar-refractivity contribution in [2.24, 2.45) is 0 Å². The normalized spacial score (nSPS) is 23.5. The van der Waals surface area contributed by atoms with Crippen LogP contribution >= 0.6 is 15.9 Å². The van der Waals surface area contributed by atoms with Gasteiger partial charge < -0.3 is 14.7 Å². The summed E-state index contributed by atoms with van der Waals surface area (Å²) < 4.78 is 6.17. The van der Waals surface area contributed by atoms with Crippen molar-refractivity contribution < 1.29 is 14.6 Å². The van der Waals surface area contributed by atoms with Gasteiger partial charge in [-0.3, -0.25) is 9.69 Å². The molecular weight excluding hydrogens is 336 g/mol. The number of morpholine rings is 1. The zero-order valence-corrected chi connectivity index (χ0v) is 13.4. The summed E-state index contributed by atoms with van der Waals surface area (Å²) in [5.41, 5.74) is 0.368. The van der Waals surface area contributed by atoms with Crippen LogP contribution in [0, 0.1) is 0 Å². The number of rotatable bonds is 2. The summed E-state index contributed by atoms with van der Waals surface area (Å²) in [7, 11) is 0. The number of carbonyl (C=O) groups excluding carboxylic acids is 1.